The molecule has 0 fully saturated rings. The van der Waals surface area contributed by atoms with Gasteiger partial charge in [-0.3, -0.25) is 4.79 Å². The lowest BCUT2D eigenvalue weighted by Crippen LogP contribution is -2.28. The van der Waals surface area contributed by atoms with Gasteiger partial charge in [0.25, 0.3) is 0 Å². The number of amides is 1. The predicted octanol–water partition coefficient (Wildman–Crippen LogP) is 2.96. The van der Waals surface area contributed by atoms with Gasteiger partial charge in [-0.05, 0) is 11.6 Å². The molecule has 1 atom stereocenters. The van der Waals surface area contributed by atoms with Gasteiger partial charge in [-0.2, -0.15) is 5.10 Å². The molecule has 0 bridgehead atoms. The van der Waals surface area contributed by atoms with Gasteiger partial charge in [0.05, 0.1) is 35.3 Å². The number of halogens is 3. The summed E-state index contributed by atoms with van der Waals surface area (Å²) in [6.45, 7) is 0.675. The molecule has 132 valence electrons. The lowest BCUT2D eigenvalue weighted by atomic mass is 10.2. The SMILES string of the molecule is COC(CN)CC(=O)Nc1ccnn1Cc1cccc(Cl)c1Cl.Cl. The minimum absolute atomic E-state index is 0. The highest BCUT2D eigenvalue weighted by Gasteiger charge is 2.14. The first-order chi connectivity index (χ1) is 11.0. The van der Waals surface area contributed by atoms with E-state index in [0.29, 0.717) is 22.4 Å². The molecule has 24 heavy (non-hydrogen) atoms. The van der Waals surface area contributed by atoms with Crippen molar-refractivity contribution in [2.24, 2.45) is 5.73 Å². The van der Waals surface area contributed by atoms with Gasteiger partial charge >= 0.3 is 0 Å². The summed E-state index contributed by atoms with van der Waals surface area (Å²) in [5.41, 5.74) is 6.33. The molecule has 0 spiro atoms. The highest BCUT2D eigenvalue weighted by molar-refractivity contribution is 6.42. The van der Waals surface area contributed by atoms with Crippen molar-refractivity contribution in [2.75, 3.05) is 19.0 Å². The van der Waals surface area contributed by atoms with Crippen LogP contribution >= 0.6 is 35.6 Å². The molecule has 1 amide bonds. The zero-order valence-electron chi connectivity index (χ0n) is 13.0. The molecule has 6 nitrogen and oxygen atoms in total. The summed E-state index contributed by atoms with van der Waals surface area (Å²) in [5.74, 6) is 0.374. The summed E-state index contributed by atoms with van der Waals surface area (Å²) in [4.78, 5) is 12.0. The van der Waals surface area contributed by atoms with E-state index in [2.05, 4.69) is 10.4 Å². The Kier molecular flexibility index (Phi) is 8.52. The molecule has 1 aromatic heterocycles. The fraction of sp³-hybridized carbons (Fsp3) is 0.333. The van der Waals surface area contributed by atoms with Gasteiger partial charge in [0.15, 0.2) is 0 Å². The van der Waals surface area contributed by atoms with Gasteiger partial charge in [0, 0.05) is 19.7 Å². The summed E-state index contributed by atoms with van der Waals surface area (Å²) in [6.07, 6.45) is 1.47. The maximum atomic E-state index is 12.0. The lowest BCUT2D eigenvalue weighted by molar-refractivity contribution is -0.118. The van der Waals surface area contributed by atoms with E-state index in [9.17, 15) is 4.79 Å². The second-order valence-corrected chi connectivity index (χ2v) is 5.72. The minimum Gasteiger partial charge on any atom is -0.380 e. The second kappa shape index (κ2) is 9.86. The standard InChI is InChI=1S/C15H18Cl2N4O2.ClH/c1-23-11(8-18)7-14(22)20-13-5-6-19-21(13)9-10-3-2-4-12(16)15(10)17;/h2-6,11H,7-9,18H2,1H3,(H,20,22);1H. The molecular weight excluding hydrogens is 375 g/mol. The summed E-state index contributed by atoms with van der Waals surface area (Å²) < 4.78 is 6.74. The third-order valence-electron chi connectivity index (χ3n) is 3.34. The fourth-order valence-electron chi connectivity index (χ4n) is 2.06. The molecule has 0 saturated heterocycles. The number of aromatic nitrogens is 2. The zero-order valence-corrected chi connectivity index (χ0v) is 15.4. The molecule has 1 heterocycles. The van der Waals surface area contributed by atoms with E-state index >= 15 is 0 Å². The van der Waals surface area contributed by atoms with Gasteiger partial charge in [0.2, 0.25) is 5.91 Å². The Hall–Kier alpha value is -1.31. The number of methoxy groups -OCH3 is 1. The first-order valence-corrected chi connectivity index (χ1v) is 7.78. The third kappa shape index (κ3) is 5.36. The Bertz CT molecular complexity index is 674. The largest absolute Gasteiger partial charge is 0.380 e. The summed E-state index contributed by atoms with van der Waals surface area (Å²) in [5, 5.41) is 7.95. The first-order valence-electron chi connectivity index (χ1n) is 7.02. The first kappa shape index (κ1) is 20.7. The van der Waals surface area contributed by atoms with Crippen LogP contribution < -0.4 is 11.1 Å². The number of carbonyl (C=O) groups is 1. The molecule has 2 aromatic rings. The van der Waals surface area contributed by atoms with E-state index in [4.69, 9.17) is 33.7 Å². The number of hydrogen-bond acceptors (Lipinski definition) is 4. The number of nitrogens with one attached hydrogen (secondary N) is 1. The van der Waals surface area contributed by atoms with E-state index in [1.165, 1.54) is 7.11 Å². The quantitative estimate of drug-likeness (QED) is 0.757. The molecule has 0 radical (unpaired) electrons. The number of anilines is 1. The molecule has 0 aliphatic carbocycles. The van der Waals surface area contributed by atoms with Crippen LogP contribution in [0.4, 0.5) is 5.82 Å². The predicted molar refractivity (Wildman–Crippen MR) is 98.1 cm³/mol. The van der Waals surface area contributed by atoms with Crippen LogP contribution in [-0.2, 0) is 16.1 Å². The number of benzene rings is 1. The molecule has 0 aliphatic heterocycles. The van der Waals surface area contributed by atoms with Crippen molar-refractivity contribution in [3.63, 3.8) is 0 Å². The highest BCUT2D eigenvalue weighted by Crippen LogP contribution is 2.26. The smallest absolute Gasteiger partial charge is 0.228 e. The Labute approximate surface area is 156 Å². The van der Waals surface area contributed by atoms with E-state index in [-0.39, 0.29) is 37.4 Å². The van der Waals surface area contributed by atoms with Gasteiger partial charge < -0.3 is 15.8 Å². The highest BCUT2D eigenvalue weighted by atomic mass is 35.5. The van der Waals surface area contributed by atoms with Crippen molar-refractivity contribution in [1.29, 1.82) is 0 Å². The van der Waals surface area contributed by atoms with Crippen molar-refractivity contribution in [1.82, 2.24) is 9.78 Å². The van der Waals surface area contributed by atoms with Crippen LogP contribution in [0.2, 0.25) is 10.0 Å². The van der Waals surface area contributed by atoms with Crippen LogP contribution in [0.25, 0.3) is 0 Å². The molecule has 1 aromatic carbocycles. The third-order valence-corrected chi connectivity index (χ3v) is 4.20. The van der Waals surface area contributed by atoms with Gasteiger partial charge in [-0.1, -0.05) is 35.3 Å². The van der Waals surface area contributed by atoms with Crippen LogP contribution in [0.5, 0.6) is 0 Å². The van der Waals surface area contributed by atoms with E-state index in [0.717, 1.165) is 5.56 Å². The number of nitrogens with two attached hydrogens (primary N) is 1. The molecule has 1 unspecified atom stereocenters. The van der Waals surface area contributed by atoms with Gasteiger partial charge in [0.1, 0.15) is 5.82 Å². The molecule has 0 aliphatic rings. The number of hydrogen-bond donors (Lipinski definition) is 2. The van der Waals surface area contributed by atoms with E-state index < -0.39 is 0 Å². The minimum atomic E-state index is -0.311. The monoisotopic (exact) mass is 392 g/mol. The van der Waals surface area contributed by atoms with Crippen molar-refractivity contribution < 1.29 is 9.53 Å². The molecule has 3 N–H and O–H groups in total. The fourth-order valence-corrected chi connectivity index (χ4v) is 2.44. The van der Waals surface area contributed by atoms with Gasteiger partial charge in [-0.15, -0.1) is 12.4 Å². The van der Waals surface area contributed by atoms with E-state index in [1.807, 2.05) is 12.1 Å². The van der Waals surface area contributed by atoms with Gasteiger partial charge in [-0.25, -0.2) is 4.68 Å². The van der Waals surface area contributed by atoms with Crippen LogP contribution in [0, 0.1) is 0 Å². The maximum Gasteiger partial charge on any atom is 0.228 e. The van der Waals surface area contributed by atoms with Crippen molar-refractivity contribution in [3.05, 3.63) is 46.1 Å². The van der Waals surface area contributed by atoms with Crippen LogP contribution in [0.3, 0.4) is 0 Å². The summed E-state index contributed by atoms with van der Waals surface area (Å²) in [7, 11) is 1.52. The Morgan fingerprint density at radius 1 is 1.42 bits per heavy atom. The molecule has 9 heteroatoms. The Balaban J connectivity index is 0.00000288. The van der Waals surface area contributed by atoms with Crippen LogP contribution in [-0.4, -0.2) is 35.4 Å². The topological polar surface area (TPSA) is 82.2 Å². The lowest BCUT2D eigenvalue weighted by Gasteiger charge is -2.14. The molecule has 2 rings (SSSR count). The Morgan fingerprint density at radius 3 is 2.83 bits per heavy atom. The van der Waals surface area contributed by atoms with E-state index in [1.54, 1.807) is 23.0 Å². The number of nitrogens with zero attached hydrogens (tertiary/aromatic N) is 2. The summed E-state index contributed by atoms with van der Waals surface area (Å²) >= 11 is 12.2. The number of carbonyl (C=O) groups excluding carboxylic acids is 1. The number of ether oxygens (including phenoxy) is 1. The number of rotatable bonds is 7. The normalized spacial score (nSPS) is 11.7. The van der Waals surface area contributed by atoms with Crippen molar-refractivity contribution >= 4 is 47.3 Å². The van der Waals surface area contributed by atoms with Crippen LogP contribution in [0.1, 0.15) is 12.0 Å². The van der Waals surface area contributed by atoms with Crippen molar-refractivity contribution in [3.8, 4) is 0 Å². The second-order valence-electron chi connectivity index (χ2n) is 4.93. The molecule has 0 saturated carbocycles. The average Bonchev–Trinajstić information content (AvgIpc) is 2.96. The molecular formula is C15H19Cl3N4O2. The van der Waals surface area contributed by atoms with Crippen LogP contribution in [0.15, 0.2) is 30.5 Å². The van der Waals surface area contributed by atoms with Crippen molar-refractivity contribution in [2.45, 2.75) is 19.1 Å². The summed E-state index contributed by atoms with van der Waals surface area (Å²) in [6, 6.07) is 7.10. The average molecular weight is 394 g/mol. The Morgan fingerprint density at radius 2 is 2.17 bits per heavy atom. The maximum absolute atomic E-state index is 12.0. The zero-order chi connectivity index (χ0) is 16.8.